The minimum Gasteiger partial charge on any atom is -0.504 e. The van der Waals surface area contributed by atoms with E-state index in [4.69, 9.17) is 16.3 Å². The number of ether oxygens (including phenoxy) is 1. The summed E-state index contributed by atoms with van der Waals surface area (Å²) in [5.74, 6) is -1.93. The summed E-state index contributed by atoms with van der Waals surface area (Å²) in [5.41, 5.74) is 0.837. The van der Waals surface area contributed by atoms with Crippen molar-refractivity contribution in [1.82, 2.24) is 9.62 Å². The molecule has 1 aliphatic rings. The number of carbonyl (C=O) groups is 2. The summed E-state index contributed by atoms with van der Waals surface area (Å²) in [4.78, 5) is 24.1. The van der Waals surface area contributed by atoms with Gasteiger partial charge in [-0.15, -0.1) is 0 Å². The Morgan fingerprint density at radius 2 is 1.72 bits per heavy atom. The summed E-state index contributed by atoms with van der Waals surface area (Å²) in [6, 6.07) is 9.67. The van der Waals surface area contributed by atoms with Gasteiger partial charge in [-0.05, 0) is 17.7 Å². The quantitative estimate of drug-likeness (QED) is 0.364. The topological polar surface area (TPSA) is 125 Å². The number of methoxy groups -OCH3 is 1. The highest BCUT2D eigenvalue weighted by molar-refractivity contribution is 7.89. The molecule has 2 aromatic carbocycles. The average molecular weight is 482 g/mol. The Bertz CT molecular complexity index is 1120. The van der Waals surface area contributed by atoms with Gasteiger partial charge in [-0.2, -0.15) is 0 Å². The maximum atomic E-state index is 12.6. The number of ketones is 2. The van der Waals surface area contributed by atoms with Gasteiger partial charge in [0.2, 0.25) is 21.6 Å². The fraction of sp³-hybridized carbons (Fsp3) is 0.333. The lowest BCUT2D eigenvalue weighted by Gasteiger charge is -2.37. The van der Waals surface area contributed by atoms with E-state index in [0.717, 1.165) is 9.87 Å². The van der Waals surface area contributed by atoms with Crippen LogP contribution in [0.3, 0.4) is 0 Å². The molecule has 0 amide bonds. The number of nitrogens with zero attached hydrogens (tertiary/aromatic N) is 1. The number of phenolic OH excluding ortho intramolecular Hbond substituents is 1. The Labute approximate surface area is 191 Å². The van der Waals surface area contributed by atoms with Gasteiger partial charge in [0.1, 0.15) is 17.0 Å². The van der Waals surface area contributed by atoms with E-state index in [9.17, 15) is 23.1 Å². The molecule has 3 rings (SSSR count). The molecule has 0 radical (unpaired) electrons. The molecule has 0 aromatic heterocycles. The lowest BCUT2D eigenvalue weighted by Crippen LogP contribution is -2.67. The maximum absolute atomic E-state index is 12.6. The van der Waals surface area contributed by atoms with Crippen molar-refractivity contribution in [3.05, 3.63) is 53.1 Å². The van der Waals surface area contributed by atoms with Crippen LogP contribution in [0.15, 0.2) is 47.4 Å². The van der Waals surface area contributed by atoms with Crippen molar-refractivity contribution in [3.63, 3.8) is 0 Å². The fourth-order valence-electron chi connectivity index (χ4n) is 3.40. The van der Waals surface area contributed by atoms with Crippen molar-refractivity contribution < 1.29 is 27.9 Å². The van der Waals surface area contributed by atoms with Gasteiger partial charge in [0.05, 0.1) is 23.4 Å². The van der Waals surface area contributed by atoms with E-state index < -0.39 is 44.3 Å². The Hall–Kier alpha value is -2.50. The number of rotatable bonds is 9. The zero-order valence-corrected chi connectivity index (χ0v) is 19.3. The van der Waals surface area contributed by atoms with E-state index in [1.165, 1.54) is 33.3 Å². The molecule has 2 unspecified atom stereocenters. The number of sulfonamides is 1. The highest BCUT2D eigenvalue weighted by Crippen LogP contribution is 2.39. The predicted molar refractivity (Wildman–Crippen MR) is 119 cm³/mol. The number of halogens is 1. The van der Waals surface area contributed by atoms with E-state index in [0.29, 0.717) is 0 Å². The number of benzene rings is 2. The Morgan fingerprint density at radius 3 is 2.31 bits per heavy atom. The lowest BCUT2D eigenvalue weighted by molar-refractivity contribution is -0.146. The minimum absolute atomic E-state index is 0.0320. The molecule has 3 N–H and O–H groups in total. The molecule has 0 aliphatic heterocycles. The second-order valence-electron chi connectivity index (χ2n) is 7.47. The van der Waals surface area contributed by atoms with Crippen molar-refractivity contribution in [2.24, 2.45) is 0 Å². The first-order valence-electron chi connectivity index (χ1n) is 9.68. The molecule has 0 heterocycles. The molecule has 3 atom stereocenters. The molecule has 9 nitrogen and oxygen atoms in total. The van der Waals surface area contributed by atoms with Gasteiger partial charge in [-0.1, -0.05) is 41.9 Å². The van der Waals surface area contributed by atoms with Crippen LogP contribution < -0.4 is 10.6 Å². The van der Waals surface area contributed by atoms with Crippen LogP contribution in [0.2, 0.25) is 5.02 Å². The van der Waals surface area contributed by atoms with Gasteiger partial charge < -0.3 is 15.2 Å². The molecule has 1 saturated carbocycles. The molecule has 11 heteroatoms. The highest BCUT2D eigenvalue weighted by atomic mass is 35.5. The van der Waals surface area contributed by atoms with Gasteiger partial charge in [0.25, 0.3) is 0 Å². The number of carbonyl (C=O) groups excluding carboxylic acids is 2. The number of Topliss-reactive ketones (excluding diaryl/α,β-unsaturated/α-hetero) is 2. The van der Waals surface area contributed by atoms with E-state index in [1.807, 2.05) is 30.3 Å². The Morgan fingerprint density at radius 1 is 1.09 bits per heavy atom. The van der Waals surface area contributed by atoms with Crippen molar-refractivity contribution in [2.45, 2.75) is 23.0 Å². The molecule has 2 aromatic rings. The van der Waals surface area contributed by atoms with Crippen LogP contribution in [-0.2, 0) is 24.3 Å². The van der Waals surface area contributed by atoms with Gasteiger partial charge in [-0.3, -0.25) is 14.9 Å². The van der Waals surface area contributed by atoms with E-state index in [-0.39, 0.29) is 23.4 Å². The summed E-state index contributed by atoms with van der Waals surface area (Å²) in [7, 11) is 0.0780. The van der Waals surface area contributed by atoms with Crippen LogP contribution in [0, 0.1) is 0 Å². The number of nitrogens with one attached hydrogen (secondary N) is 2. The third kappa shape index (κ3) is 4.50. The lowest BCUT2D eigenvalue weighted by atomic mass is 9.82. The Balaban J connectivity index is 1.88. The van der Waals surface area contributed by atoms with Gasteiger partial charge >= 0.3 is 0 Å². The molecular formula is C21H24ClN3O6S. The van der Waals surface area contributed by atoms with Crippen LogP contribution in [0.5, 0.6) is 5.75 Å². The number of anilines is 1. The largest absolute Gasteiger partial charge is 0.504 e. The second-order valence-corrected chi connectivity index (χ2v) is 9.97. The summed E-state index contributed by atoms with van der Waals surface area (Å²) >= 11 is 6.03. The predicted octanol–water partition coefficient (Wildman–Crippen LogP) is 1.57. The molecule has 32 heavy (non-hydrogen) atoms. The highest BCUT2D eigenvalue weighted by Gasteiger charge is 2.50. The number of aromatic hydroxyl groups is 1. The van der Waals surface area contributed by atoms with Crippen molar-refractivity contribution in [2.75, 3.05) is 33.1 Å². The smallest absolute Gasteiger partial charge is 0.247 e. The summed E-state index contributed by atoms with van der Waals surface area (Å²) < 4.78 is 31.3. The van der Waals surface area contributed by atoms with E-state index >= 15 is 0 Å². The first kappa shape index (κ1) is 24.1. The minimum atomic E-state index is -4.06. The maximum Gasteiger partial charge on any atom is 0.247 e. The number of phenols is 1. The van der Waals surface area contributed by atoms with E-state index in [2.05, 4.69) is 10.6 Å². The van der Waals surface area contributed by atoms with Gasteiger partial charge in [0, 0.05) is 21.2 Å². The van der Waals surface area contributed by atoms with Crippen LogP contribution in [0.4, 0.5) is 5.69 Å². The molecule has 172 valence electrons. The summed E-state index contributed by atoms with van der Waals surface area (Å²) in [6.07, 6.45) is 0. The molecule has 0 spiro atoms. The van der Waals surface area contributed by atoms with Gasteiger partial charge in [0.15, 0.2) is 5.75 Å². The number of hydrogen-bond acceptors (Lipinski definition) is 8. The second kappa shape index (κ2) is 9.55. The van der Waals surface area contributed by atoms with Crippen molar-refractivity contribution >= 4 is 38.9 Å². The zero-order valence-electron chi connectivity index (χ0n) is 17.7. The van der Waals surface area contributed by atoms with Crippen LogP contribution in [-0.4, -0.2) is 69.3 Å². The first-order chi connectivity index (χ1) is 15.1. The fourth-order valence-corrected chi connectivity index (χ4v) is 4.88. The number of hydrogen-bond donors (Lipinski definition) is 3. The van der Waals surface area contributed by atoms with E-state index in [1.54, 1.807) is 0 Å². The first-order valence-corrected chi connectivity index (χ1v) is 11.5. The van der Waals surface area contributed by atoms with Crippen molar-refractivity contribution in [1.29, 1.82) is 0 Å². The molecule has 1 fully saturated rings. The third-order valence-corrected chi connectivity index (χ3v) is 7.51. The molecular weight excluding hydrogens is 458 g/mol. The summed E-state index contributed by atoms with van der Waals surface area (Å²) in [6.45, 7) is 0.256. The normalized spacial score (nSPS) is 19.7. The van der Waals surface area contributed by atoms with Gasteiger partial charge in [-0.25, -0.2) is 12.7 Å². The van der Waals surface area contributed by atoms with Crippen LogP contribution in [0.1, 0.15) is 11.6 Å². The van der Waals surface area contributed by atoms with Crippen molar-refractivity contribution in [3.8, 4) is 5.75 Å². The van der Waals surface area contributed by atoms with Crippen LogP contribution in [0.25, 0.3) is 0 Å². The summed E-state index contributed by atoms with van der Waals surface area (Å²) in [5, 5.41) is 16.4. The molecule has 0 saturated heterocycles. The standard InChI is InChI=1S/C21H24ClN3O6S/c1-25(2)32(29,30)21-13(22)9-10-14(18(21)26)23-16-17(20(28)19(16)27)24-15(11-31-3)12-7-5-4-6-8-12/h4-10,15-17,23-24,26H,11H2,1-3H3/t15-,16?,17?/m1/s1. The monoisotopic (exact) mass is 481 g/mol. The molecule has 1 aliphatic carbocycles. The third-order valence-electron chi connectivity index (χ3n) is 5.19. The van der Waals surface area contributed by atoms with Crippen LogP contribution >= 0.6 is 11.6 Å². The molecule has 0 bridgehead atoms. The Kier molecular flexibility index (Phi) is 7.21. The SMILES string of the molecule is COC[C@@H](NC1C(=O)C(=O)C1Nc1ccc(Cl)c(S(=O)(=O)N(C)C)c1O)c1ccccc1. The average Bonchev–Trinajstić information content (AvgIpc) is 2.76. The zero-order chi connectivity index (χ0) is 23.6.